The fourth-order valence-electron chi connectivity index (χ4n) is 5.89. The molecule has 0 saturated carbocycles. The summed E-state index contributed by atoms with van der Waals surface area (Å²) in [7, 11) is 0. The Balaban J connectivity index is 0.000000675. The third-order valence-electron chi connectivity index (χ3n) is 8.65. The number of piperazine rings is 1. The van der Waals surface area contributed by atoms with Crippen LogP contribution in [0.5, 0.6) is 0 Å². The number of benzene rings is 1. The number of allylic oxidation sites excluding steroid dienone is 5. The number of rotatable bonds is 10. The average molecular weight is 580 g/mol. The van der Waals surface area contributed by atoms with Crippen molar-refractivity contribution in [1.29, 1.82) is 0 Å². The predicted molar refractivity (Wildman–Crippen MR) is 175 cm³/mol. The van der Waals surface area contributed by atoms with Crippen LogP contribution in [0, 0.1) is 19.8 Å². The lowest BCUT2D eigenvalue weighted by Crippen LogP contribution is -2.53. The molecule has 1 aliphatic heterocycles. The molecule has 1 saturated heterocycles. The maximum atomic E-state index is 12.7. The number of nitrogens with zero attached hydrogens (tertiary/aromatic N) is 3. The number of fused-ring (bicyclic) bond motifs is 1. The van der Waals surface area contributed by atoms with E-state index in [0.29, 0.717) is 13.1 Å². The first-order chi connectivity index (χ1) is 20.0. The molecule has 2 aliphatic rings. The van der Waals surface area contributed by atoms with Crippen LogP contribution in [0.15, 0.2) is 47.1 Å². The largest absolute Gasteiger partial charge is 0.383 e. The van der Waals surface area contributed by atoms with E-state index in [4.69, 9.17) is 0 Å². The average Bonchev–Trinajstić information content (AvgIpc) is 3.11. The SMILES string of the molecule is CC/C(C)=C/C=C\C1=C(C)C(N2CCN(C(=O)C(O)C(C)C)CC2)c2c(C)cc(C)cc2CC1.CCCN(C=O)CC. The standard InChI is InChI=1S/C30H44N2O2.C6H13NO/c1-8-21(4)10-9-11-25-12-13-26-19-22(5)18-23(6)27(26)28(24(25)7)31-14-16-32(17-15-31)30(34)29(33)20(2)3;1-3-5-7(4-2)6-8/h9-11,18-20,28-29,33H,8,12-17H2,1-7H3;6H,3-5H2,1-2H3/b11-9-,21-10+;. The van der Waals surface area contributed by atoms with E-state index in [-0.39, 0.29) is 17.9 Å². The van der Waals surface area contributed by atoms with Crippen molar-refractivity contribution in [2.75, 3.05) is 39.3 Å². The lowest BCUT2D eigenvalue weighted by Gasteiger charge is -2.41. The van der Waals surface area contributed by atoms with E-state index < -0.39 is 6.10 Å². The molecule has 2 atom stereocenters. The molecule has 0 bridgehead atoms. The number of aryl methyl sites for hydroxylation is 3. The fraction of sp³-hybridized carbons (Fsp3) is 0.611. The molecule has 1 aromatic carbocycles. The molecule has 1 aromatic rings. The second-order valence-electron chi connectivity index (χ2n) is 12.3. The highest BCUT2D eigenvalue weighted by molar-refractivity contribution is 5.81. The Hall–Kier alpha value is -2.70. The Morgan fingerprint density at radius 2 is 1.74 bits per heavy atom. The van der Waals surface area contributed by atoms with Crippen molar-refractivity contribution in [1.82, 2.24) is 14.7 Å². The first-order valence-corrected chi connectivity index (χ1v) is 16.0. The van der Waals surface area contributed by atoms with E-state index in [1.54, 1.807) is 4.90 Å². The van der Waals surface area contributed by atoms with Gasteiger partial charge in [0.2, 0.25) is 6.41 Å². The summed E-state index contributed by atoms with van der Waals surface area (Å²) >= 11 is 0. The van der Waals surface area contributed by atoms with Gasteiger partial charge in [0, 0.05) is 39.3 Å². The zero-order valence-corrected chi connectivity index (χ0v) is 27.9. The van der Waals surface area contributed by atoms with Crippen LogP contribution in [0.4, 0.5) is 0 Å². The van der Waals surface area contributed by atoms with Gasteiger partial charge in [-0.25, -0.2) is 0 Å². The molecule has 2 amide bonds. The van der Waals surface area contributed by atoms with E-state index in [1.807, 2.05) is 25.7 Å². The number of hydrogen-bond acceptors (Lipinski definition) is 4. The minimum atomic E-state index is -0.909. The summed E-state index contributed by atoms with van der Waals surface area (Å²) in [5.74, 6) is -0.188. The predicted octanol–water partition coefficient (Wildman–Crippen LogP) is 6.56. The van der Waals surface area contributed by atoms with E-state index >= 15 is 0 Å². The molecule has 1 fully saturated rings. The summed E-state index contributed by atoms with van der Waals surface area (Å²) < 4.78 is 0. The van der Waals surface area contributed by atoms with Crippen LogP contribution in [0.25, 0.3) is 0 Å². The van der Waals surface area contributed by atoms with E-state index in [0.717, 1.165) is 58.3 Å². The van der Waals surface area contributed by atoms with Crippen LogP contribution in [0.2, 0.25) is 0 Å². The number of hydrogen-bond donors (Lipinski definition) is 1. The van der Waals surface area contributed by atoms with Crippen molar-refractivity contribution in [2.24, 2.45) is 5.92 Å². The molecule has 0 aromatic heterocycles. The molecule has 1 aliphatic carbocycles. The Labute approximate surface area is 256 Å². The zero-order valence-electron chi connectivity index (χ0n) is 27.9. The van der Waals surface area contributed by atoms with E-state index in [2.05, 4.69) is 76.8 Å². The summed E-state index contributed by atoms with van der Waals surface area (Å²) in [6, 6.07) is 4.91. The van der Waals surface area contributed by atoms with Gasteiger partial charge < -0.3 is 14.9 Å². The fourth-order valence-corrected chi connectivity index (χ4v) is 5.89. The van der Waals surface area contributed by atoms with Crippen molar-refractivity contribution < 1.29 is 14.7 Å². The van der Waals surface area contributed by atoms with Crippen LogP contribution in [-0.2, 0) is 16.0 Å². The maximum Gasteiger partial charge on any atom is 0.251 e. The van der Waals surface area contributed by atoms with Crippen LogP contribution in [-0.4, -0.2) is 77.5 Å². The summed E-state index contributed by atoms with van der Waals surface area (Å²) in [5, 5.41) is 10.3. The topological polar surface area (TPSA) is 64.1 Å². The van der Waals surface area contributed by atoms with Gasteiger partial charge in [0.1, 0.15) is 6.10 Å². The van der Waals surface area contributed by atoms with E-state index in [1.165, 1.54) is 39.0 Å². The first-order valence-electron chi connectivity index (χ1n) is 16.0. The molecule has 234 valence electrons. The Bertz CT molecular complexity index is 1130. The molecular weight excluding hydrogens is 522 g/mol. The van der Waals surface area contributed by atoms with Crippen LogP contribution in [0.3, 0.4) is 0 Å². The summed E-state index contributed by atoms with van der Waals surface area (Å²) in [5.41, 5.74) is 9.83. The minimum absolute atomic E-state index is 0.0601. The molecule has 6 nitrogen and oxygen atoms in total. The first kappa shape index (κ1) is 35.5. The molecule has 2 unspecified atom stereocenters. The molecule has 6 heteroatoms. The Kier molecular flexibility index (Phi) is 14.7. The van der Waals surface area contributed by atoms with Crippen LogP contribution in [0.1, 0.15) is 96.0 Å². The number of carbonyl (C=O) groups is 2. The highest BCUT2D eigenvalue weighted by Crippen LogP contribution is 2.40. The van der Waals surface area contributed by atoms with Gasteiger partial charge in [-0.15, -0.1) is 0 Å². The maximum absolute atomic E-state index is 12.7. The van der Waals surface area contributed by atoms with Crippen LogP contribution < -0.4 is 0 Å². The van der Waals surface area contributed by atoms with Gasteiger partial charge >= 0.3 is 0 Å². The highest BCUT2D eigenvalue weighted by atomic mass is 16.3. The van der Waals surface area contributed by atoms with Gasteiger partial charge in [-0.2, -0.15) is 0 Å². The quantitative estimate of drug-likeness (QED) is 0.252. The summed E-state index contributed by atoms with van der Waals surface area (Å²) in [6.07, 6.45) is 11.0. The Morgan fingerprint density at radius 3 is 2.26 bits per heavy atom. The summed E-state index contributed by atoms with van der Waals surface area (Å²) in [6.45, 7) is 23.6. The monoisotopic (exact) mass is 579 g/mol. The lowest BCUT2D eigenvalue weighted by molar-refractivity contribution is -0.144. The van der Waals surface area contributed by atoms with Crippen molar-refractivity contribution in [3.63, 3.8) is 0 Å². The second-order valence-corrected chi connectivity index (χ2v) is 12.3. The third-order valence-corrected chi connectivity index (χ3v) is 8.65. The second kappa shape index (κ2) is 17.4. The van der Waals surface area contributed by atoms with Gasteiger partial charge in [-0.05, 0) is 94.1 Å². The minimum Gasteiger partial charge on any atom is -0.383 e. The smallest absolute Gasteiger partial charge is 0.251 e. The van der Waals surface area contributed by atoms with Gasteiger partial charge in [0.15, 0.2) is 0 Å². The zero-order chi connectivity index (χ0) is 31.4. The normalized spacial score (nSPS) is 18.9. The third kappa shape index (κ3) is 9.67. The molecule has 0 spiro atoms. The molecule has 0 radical (unpaired) electrons. The number of carbonyl (C=O) groups excluding carboxylic acids is 2. The molecule has 3 rings (SSSR count). The van der Waals surface area contributed by atoms with Crippen LogP contribution >= 0.6 is 0 Å². The van der Waals surface area contributed by atoms with Gasteiger partial charge in [0.25, 0.3) is 5.91 Å². The van der Waals surface area contributed by atoms with Crippen molar-refractivity contribution in [3.05, 3.63) is 69.3 Å². The number of aliphatic hydroxyl groups is 1. The molecule has 42 heavy (non-hydrogen) atoms. The molecular formula is C36H57N3O3. The van der Waals surface area contributed by atoms with Gasteiger partial charge in [-0.3, -0.25) is 14.5 Å². The van der Waals surface area contributed by atoms with E-state index in [9.17, 15) is 14.7 Å². The van der Waals surface area contributed by atoms with Crippen molar-refractivity contribution in [2.45, 2.75) is 100 Å². The highest BCUT2D eigenvalue weighted by Gasteiger charge is 2.34. The van der Waals surface area contributed by atoms with Gasteiger partial charge in [-0.1, -0.05) is 69.2 Å². The molecule has 1 heterocycles. The van der Waals surface area contributed by atoms with Crippen molar-refractivity contribution in [3.8, 4) is 0 Å². The van der Waals surface area contributed by atoms with Crippen molar-refractivity contribution >= 4 is 12.3 Å². The van der Waals surface area contributed by atoms with Gasteiger partial charge in [0.05, 0.1) is 6.04 Å². The number of amides is 2. The summed E-state index contributed by atoms with van der Waals surface area (Å²) in [4.78, 5) is 28.9. The number of aliphatic hydroxyl groups excluding tert-OH is 1. The Morgan fingerprint density at radius 1 is 1.07 bits per heavy atom. The lowest BCUT2D eigenvalue weighted by atomic mass is 9.88. The molecule has 1 N–H and O–H groups in total.